The highest BCUT2D eigenvalue weighted by atomic mass is 35.5. The lowest BCUT2D eigenvalue weighted by Gasteiger charge is -2.28. The first-order chi connectivity index (χ1) is 14.0. The zero-order chi connectivity index (χ0) is 20.4. The van der Waals surface area contributed by atoms with Gasteiger partial charge in [0.2, 0.25) is 0 Å². The van der Waals surface area contributed by atoms with Crippen molar-refractivity contribution >= 4 is 40.5 Å². The number of carbonyl (C=O) groups is 1. The second-order valence-electron chi connectivity index (χ2n) is 7.54. The van der Waals surface area contributed by atoms with Gasteiger partial charge in [0.05, 0.1) is 22.7 Å². The van der Waals surface area contributed by atoms with Gasteiger partial charge >= 0.3 is 0 Å². The highest BCUT2D eigenvalue weighted by Gasteiger charge is 2.40. The largest absolute Gasteiger partial charge is 0.284 e. The SMILES string of the molecule is CC1C(c2ccccc2)C(C(=O)NN2CCCCC2)=NN1c1ccc(Cl)cc1Cl. The molecule has 152 valence electrons. The fourth-order valence-corrected chi connectivity index (χ4v) is 4.56. The molecule has 5 nitrogen and oxygen atoms in total. The molecule has 29 heavy (non-hydrogen) atoms. The van der Waals surface area contributed by atoms with E-state index in [4.69, 9.17) is 28.3 Å². The summed E-state index contributed by atoms with van der Waals surface area (Å²) >= 11 is 12.5. The van der Waals surface area contributed by atoms with Gasteiger partial charge in [-0.25, -0.2) is 5.01 Å². The summed E-state index contributed by atoms with van der Waals surface area (Å²) in [5.74, 6) is -0.312. The molecule has 1 saturated heterocycles. The Balaban J connectivity index is 1.68. The second kappa shape index (κ2) is 8.74. The lowest BCUT2D eigenvalue weighted by Crippen LogP contribution is -2.48. The summed E-state index contributed by atoms with van der Waals surface area (Å²) < 4.78 is 0. The molecule has 0 aliphatic carbocycles. The number of piperidine rings is 1. The Morgan fingerprint density at radius 2 is 1.79 bits per heavy atom. The molecular formula is C22H24Cl2N4O. The average Bonchev–Trinajstić information content (AvgIpc) is 3.06. The number of nitrogens with one attached hydrogen (secondary N) is 1. The third kappa shape index (κ3) is 4.27. The standard InChI is InChI=1S/C22H24Cl2N4O/c1-15-20(16-8-4-2-5-9-16)21(22(29)26-27-12-6-3-7-13-27)25-28(15)19-11-10-17(23)14-18(19)24/h2,4-5,8-11,14-15,20H,3,6-7,12-13H2,1H3,(H,26,29). The number of benzene rings is 2. The molecule has 2 aromatic carbocycles. The summed E-state index contributed by atoms with van der Waals surface area (Å²) in [6, 6.07) is 15.3. The van der Waals surface area contributed by atoms with Crippen molar-refractivity contribution in [3.8, 4) is 0 Å². The van der Waals surface area contributed by atoms with E-state index in [1.165, 1.54) is 6.42 Å². The highest BCUT2D eigenvalue weighted by Crippen LogP contribution is 2.38. The molecule has 2 atom stereocenters. The number of hydrogen-bond acceptors (Lipinski definition) is 4. The first-order valence-corrected chi connectivity index (χ1v) is 10.7. The van der Waals surface area contributed by atoms with Crippen molar-refractivity contribution in [2.75, 3.05) is 18.1 Å². The van der Waals surface area contributed by atoms with E-state index in [1.54, 1.807) is 12.1 Å². The summed E-state index contributed by atoms with van der Waals surface area (Å²) in [6.07, 6.45) is 3.40. The maximum Gasteiger partial charge on any atom is 0.282 e. The normalized spacial score (nSPS) is 22.4. The Morgan fingerprint density at radius 3 is 2.48 bits per heavy atom. The van der Waals surface area contributed by atoms with E-state index >= 15 is 0 Å². The van der Waals surface area contributed by atoms with E-state index < -0.39 is 0 Å². The van der Waals surface area contributed by atoms with Gasteiger partial charge in [-0.1, -0.05) is 60.0 Å². The molecule has 1 amide bonds. The van der Waals surface area contributed by atoms with E-state index in [2.05, 4.69) is 12.3 Å². The van der Waals surface area contributed by atoms with Crippen molar-refractivity contribution in [2.45, 2.75) is 38.1 Å². The van der Waals surface area contributed by atoms with Crippen LogP contribution in [0.25, 0.3) is 0 Å². The van der Waals surface area contributed by atoms with E-state index in [1.807, 2.05) is 46.4 Å². The van der Waals surface area contributed by atoms with Crippen LogP contribution < -0.4 is 10.4 Å². The molecule has 0 aromatic heterocycles. The van der Waals surface area contributed by atoms with Gasteiger partial charge in [-0.2, -0.15) is 5.10 Å². The number of amides is 1. The van der Waals surface area contributed by atoms with Gasteiger partial charge in [-0.05, 0) is 43.5 Å². The van der Waals surface area contributed by atoms with Crippen molar-refractivity contribution in [2.24, 2.45) is 5.10 Å². The number of anilines is 1. The molecule has 2 heterocycles. The number of hydrazone groups is 1. The minimum Gasteiger partial charge on any atom is -0.284 e. The predicted molar refractivity (Wildman–Crippen MR) is 119 cm³/mol. The summed E-state index contributed by atoms with van der Waals surface area (Å²) in [5.41, 5.74) is 5.36. The molecule has 0 saturated carbocycles. The maximum atomic E-state index is 13.2. The third-order valence-corrected chi connectivity index (χ3v) is 6.08. The molecule has 1 N–H and O–H groups in total. The van der Waals surface area contributed by atoms with Gasteiger partial charge < -0.3 is 0 Å². The van der Waals surface area contributed by atoms with Gasteiger partial charge in [0, 0.05) is 18.1 Å². The van der Waals surface area contributed by atoms with Crippen LogP contribution in [0.1, 0.15) is 37.7 Å². The summed E-state index contributed by atoms with van der Waals surface area (Å²) in [4.78, 5) is 13.2. The highest BCUT2D eigenvalue weighted by molar-refractivity contribution is 6.42. The first-order valence-electron chi connectivity index (χ1n) is 9.98. The van der Waals surface area contributed by atoms with Crippen LogP contribution in [0.15, 0.2) is 53.6 Å². The van der Waals surface area contributed by atoms with Crippen molar-refractivity contribution in [1.82, 2.24) is 10.4 Å². The first kappa shape index (κ1) is 20.2. The Kier molecular flexibility index (Phi) is 6.09. The summed E-state index contributed by atoms with van der Waals surface area (Å²) in [7, 11) is 0. The molecule has 4 rings (SSSR count). The minimum atomic E-state index is -0.160. The van der Waals surface area contributed by atoms with Crippen LogP contribution in [0.2, 0.25) is 10.0 Å². The van der Waals surface area contributed by atoms with Crippen LogP contribution in [0, 0.1) is 0 Å². The lowest BCUT2D eigenvalue weighted by molar-refractivity contribution is -0.119. The van der Waals surface area contributed by atoms with Gasteiger partial charge in [0.1, 0.15) is 5.71 Å². The predicted octanol–water partition coefficient (Wildman–Crippen LogP) is 4.86. The lowest BCUT2D eigenvalue weighted by atomic mass is 9.88. The van der Waals surface area contributed by atoms with Crippen LogP contribution in [-0.4, -0.2) is 35.8 Å². The van der Waals surface area contributed by atoms with Gasteiger partial charge in [-0.15, -0.1) is 0 Å². The van der Waals surface area contributed by atoms with E-state index in [0.29, 0.717) is 15.8 Å². The number of hydrazine groups is 1. The number of hydrogen-bond donors (Lipinski definition) is 1. The Hall–Kier alpha value is -2.08. The number of nitrogens with zero attached hydrogens (tertiary/aromatic N) is 3. The van der Waals surface area contributed by atoms with Gasteiger partial charge in [0.25, 0.3) is 5.91 Å². The average molecular weight is 431 g/mol. The number of carbonyl (C=O) groups excluding carboxylic acids is 1. The molecule has 2 unspecified atom stereocenters. The minimum absolute atomic E-state index is 0.0711. The monoisotopic (exact) mass is 430 g/mol. The molecule has 2 aromatic rings. The van der Waals surface area contributed by atoms with Gasteiger partial charge in [-0.3, -0.25) is 15.2 Å². The molecule has 1 fully saturated rings. The summed E-state index contributed by atoms with van der Waals surface area (Å²) in [5, 5.41) is 9.65. The van der Waals surface area contributed by atoms with Crippen LogP contribution in [0.4, 0.5) is 5.69 Å². The van der Waals surface area contributed by atoms with Crippen molar-refractivity contribution in [3.05, 3.63) is 64.1 Å². The fourth-order valence-electron chi connectivity index (χ4n) is 4.07. The van der Waals surface area contributed by atoms with Crippen LogP contribution in [0.5, 0.6) is 0 Å². The smallest absolute Gasteiger partial charge is 0.282 e. The summed E-state index contributed by atoms with van der Waals surface area (Å²) in [6.45, 7) is 3.81. The van der Waals surface area contributed by atoms with Crippen molar-refractivity contribution in [1.29, 1.82) is 0 Å². The molecule has 0 radical (unpaired) electrons. The van der Waals surface area contributed by atoms with E-state index in [0.717, 1.165) is 37.2 Å². The molecule has 0 bridgehead atoms. The number of halogens is 2. The van der Waals surface area contributed by atoms with E-state index in [9.17, 15) is 4.79 Å². The molecule has 2 aliphatic rings. The molecule has 0 spiro atoms. The number of rotatable bonds is 4. The fraction of sp³-hybridized carbons (Fsp3) is 0.364. The third-order valence-electron chi connectivity index (χ3n) is 5.54. The van der Waals surface area contributed by atoms with Crippen LogP contribution in [-0.2, 0) is 4.79 Å². The van der Waals surface area contributed by atoms with Crippen molar-refractivity contribution < 1.29 is 4.79 Å². The van der Waals surface area contributed by atoms with E-state index in [-0.39, 0.29) is 17.9 Å². The maximum absolute atomic E-state index is 13.2. The van der Waals surface area contributed by atoms with Crippen molar-refractivity contribution in [3.63, 3.8) is 0 Å². The quantitative estimate of drug-likeness (QED) is 0.753. The Bertz CT molecular complexity index is 912. The van der Waals surface area contributed by atoms with Crippen LogP contribution in [0.3, 0.4) is 0 Å². The van der Waals surface area contributed by atoms with Crippen LogP contribution >= 0.6 is 23.2 Å². The van der Waals surface area contributed by atoms with Gasteiger partial charge in [0.15, 0.2) is 0 Å². The molecule has 7 heteroatoms. The Morgan fingerprint density at radius 1 is 1.07 bits per heavy atom. The Labute approximate surface area is 181 Å². The second-order valence-corrected chi connectivity index (χ2v) is 8.39. The zero-order valence-electron chi connectivity index (χ0n) is 16.3. The molecule has 2 aliphatic heterocycles. The molecular weight excluding hydrogens is 407 g/mol. The zero-order valence-corrected chi connectivity index (χ0v) is 17.8. The topological polar surface area (TPSA) is 47.9 Å².